The number of aromatic amines is 1. The van der Waals surface area contributed by atoms with Gasteiger partial charge in [-0.15, -0.1) is 0 Å². The molecule has 0 amide bonds. The van der Waals surface area contributed by atoms with Crippen molar-refractivity contribution >= 4 is 17.0 Å². The molecule has 4 rings (SSSR count). The third-order valence-corrected chi connectivity index (χ3v) is 4.41. The summed E-state index contributed by atoms with van der Waals surface area (Å²) in [5.41, 5.74) is 0.827. The van der Waals surface area contributed by atoms with Gasteiger partial charge in [-0.05, 0) is 23.8 Å². The fourth-order valence-corrected chi connectivity index (χ4v) is 2.90. The zero-order chi connectivity index (χ0) is 21.3. The van der Waals surface area contributed by atoms with Crippen LogP contribution in [0.3, 0.4) is 0 Å². The summed E-state index contributed by atoms with van der Waals surface area (Å²) in [7, 11) is 0. The molecule has 1 aromatic carbocycles. The van der Waals surface area contributed by atoms with Gasteiger partial charge in [-0.25, -0.2) is 15.0 Å². The number of benzene rings is 1. The molecule has 0 aliphatic heterocycles. The number of H-pyrrole nitrogens is 1. The van der Waals surface area contributed by atoms with Crippen LogP contribution in [0.5, 0.6) is 5.75 Å². The van der Waals surface area contributed by atoms with E-state index in [0.717, 1.165) is 17.8 Å². The molecule has 150 valence electrons. The molecule has 0 bridgehead atoms. The van der Waals surface area contributed by atoms with Gasteiger partial charge in [0.05, 0.1) is 23.0 Å². The fraction of sp³-hybridized carbons (Fsp3) is 0.100. The predicted molar refractivity (Wildman–Crippen MR) is 102 cm³/mol. The Labute approximate surface area is 167 Å². The van der Waals surface area contributed by atoms with Crippen LogP contribution in [0.1, 0.15) is 16.7 Å². The second-order valence-corrected chi connectivity index (χ2v) is 6.41. The van der Waals surface area contributed by atoms with Crippen molar-refractivity contribution in [1.29, 1.82) is 5.26 Å². The van der Waals surface area contributed by atoms with Gasteiger partial charge in [-0.3, -0.25) is 0 Å². The van der Waals surface area contributed by atoms with Gasteiger partial charge in [0.1, 0.15) is 17.5 Å². The van der Waals surface area contributed by atoms with E-state index in [9.17, 15) is 23.5 Å². The molecule has 0 saturated carbocycles. The number of pyridine rings is 1. The van der Waals surface area contributed by atoms with Crippen molar-refractivity contribution < 1.29 is 18.3 Å². The van der Waals surface area contributed by atoms with Crippen molar-refractivity contribution in [3.05, 3.63) is 65.6 Å². The number of nitrogens with zero attached hydrogens (tertiary/aromatic N) is 4. The minimum absolute atomic E-state index is 0.114. The Hall–Kier alpha value is -4.13. The molecule has 3 N–H and O–H groups in total. The Kier molecular flexibility index (Phi) is 4.71. The van der Waals surface area contributed by atoms with Crippen LogP contribution in [-0.4, -0.2) is 25.0 Å². The number of phenols is 1. The fourth-order valence-electron chi connectivity index (χ4n) is 2.90. The highest BCUT2D eigenvalue weighted by molar-refractivity contribution is 5.94. The lowest BCUT2D eigenvalue weighted by Gasteiger charge is -2.09. The summed E-state index contributed by atoms with van der Waals surface area (Å²) in [6.45, 7) is 0.347. The molecular weight excluding hydrogens is 397 g/mol. The largest absolute Gasteiger partial charge is 0.508 e. The standard InChI is InChI=1S/C20H13F3N6O/c21-20(22,23)13-5-15-16(10-26-18(15)25-9-13)17-12(6-24)8-28-19(29-17)27-7-11-1-3-14(30)4-2-11/h1-5,8-10,30H,7H2,(H,25,26)(H,27,28,29). The molecule has 0 fully saturated rings. The average molecular weight is 410 g/mol. The number of aromatic nitrogens is 4. The first-order chi connectivity index (χ1) is 14.3. The highest BCUT2D eigenvalue weighted by Gasteiger charge is 2.31. The van der Waals surface area contributed by atoms with Crippen LogP contribution in [0.15, 0.2) is 48.9 Å². The second-order valence-electron chi connectivity index (χ2n) is 6.41. The van der Waals surface area contributed by atoms with E-state index in [1.165, 1.54) is 12.4 Å². The Balaban J connectivity index is 1.72. The third kappa shape index (κ3) is 3.73. The summed E-state index contributed by atoms with van der Waals surface area (Å²) >= 11 is 0. The second kappa shape index (κ2) is 7.36. The number of phenolic OH excluding ortho intramolecular Hbond substituents is 1. The summed E-state index contributed by atoms with van der Waals surface area (Å²) in [5, 5.41) is 22.0. The molecule has 30 heavy (non-hydrogen) atoms. The number of halogens is 3. The summed E-state index contributed by atoms with van der Waals surface area (Å²) in [6, 6.07) is 9.46. The van der Waals surface area contributed by atoms with E-state index in [1.54, 1.807) is 24.3 Å². The van der Waals surface area contributed by atoms with Crippen LogP contribution in [0, 0.1) is 11.3 Å². The normalized spacial score (nSPS) is 11.4. The molecule has 0 aliphatic carbocycles. The van der Waals surface area contributed by atoms with E-state index >= 15 is 0 Å². The van der Waals surface area contributed by atoms with E-state index < -0.39 is 11.7 Å². The summed E-state index contributed by atoms with van der Waals surface area (Å²) < 4.78 is 39.3. The number of hydrogen-bond acceptors (Lipinski definition) is 6. The number of alkyl halides is 3. The zero-order valence-corrected chi connectivity index (χ0v) is 15.2. The van der Waals surface area contributed by atoms with Crippen molar-refractivity contribution in [2.24, 2.45) is 0 Å². The highest BCUT2D eigenvalue weighted by atomic mass is 19.4. The number of aromatic hydroxyl groups is 1. The molecule has 3 heterocycles. The van der Waals surface area contributed by atoms with Crippen LogP contribution >= 0.6 is 0 Å². The molecular formula is C20H13F3N6O. The molecule has 7 nitrogen and oxygen atoms in total. The Morgan fingerprint density at radius 2 is 1.90 bits per heavy atom. The average Bonchev–Trinajstić information content (AvgIpc) is 3.15. The van der Waals surface area contributed by atoms with Gasteiger partial charge in [-0.2, -0.15) is 18.4 Å². The Morgan fingerprint density at radius 1 is 1.13 bits per heavy atom. The first-order valence-electron chi connectivity index (χ1n) is 8.69. The molecule has 0 spiro atoms. The lowest BCUT2D eigenvalue weighted by atomic mass is 10.1. The van der Waals surface area contributed by atoms with Gasteiger partial charge < -0.3 is 15.4 Å². The van der Waals surface area contributed by atoms with Gasteiger partial charge in [0.15, 0.2) is 0 Å². The van der Waals surface area contributed by atoms with Gasteiger partial charge in [-0.1, -0.05) is 12.1 Å². The Bertz CT molecular complexity index is 1260. The van der Waals surface area contributed by atoms with Crippen LogP contribution in [0.4, 0.5) is 19.1 Å². The molecule has 4 aromatic rings. The number of fused-ring (bicyclic) bond motifs is 1. The number of nitriles is 1. The summed E-state index contributed by atoms with van der Waals surface area (Å²) in [6.07, 6.45) is -1.03. The van der Waals surface area contributed by atoms with E-state index in [4.69, 9.17) is 0 Å². The van der Waals surface area contributed by atoms with E-state index in [-0.39, 0.29) is 34.0 Å². The topological polar surface area (TPSA) is 111 Å². The summed E-state index contributed by atoms with van der Waals surface area (Å²) in [4.78, 5) is 15.1. The van der Waals surface area contributed by atoms with E-state index in [0.29, 0.717) is 12.1 Å². The smallest absolute Gasteiger partial charge is 0.417 e. The number of rotatable bonds is 4. The van der Waals surface area contributed by atoms with Gasteiger partial charge >= 0.3 is 6.18 Å². The van der Waals surface area contributed by atoms with Crippen molar-refractivity contribution in [3.63, 3.8) is 0 Å². The first-order valence-corrected chi connectivity index (χ1v) is 8.69. The summed E-state index contributed by atoms with van der Waals surface area (Å²) in [5.74, 6) is 0.341. The molecule has 3 aromatic heterocycles. The molecule has 0 unspecified atom stereocenters. The molecule has 0 radical (unpaired) electrons. The molecule has 0 aliphatic rings. The van der Waals surface area contributed by atoms with Gasteiger partial charge in [0.25, 0.3) is 0 Å². The Morgan fingerprint density at radius 3 is 2.60 bits per heavy atom. The van der Waals surface area contributed by atoms with Crippen LogP contribution < -0.4 is 5.32 Å². The number of nitrogens with one attached hydrogen (secondary N) is 2. The van der Waals surface area contributed by atoms with Crippen LogP contribution in [0.2, 0.25) is 0 Å². The van der Waals surface area contributed by atoms with E-state index in [1.807, 2.05) is 6.07 Å². The van der Waals surface area contributed by atoms with Crippen LogP contribution in [-0.2, 0) is 12.7 Å². The predicted octanol–water partition coefficient (Wildman–Crippen LogP) is 4.23. The number of hydrogen-bond donors (Lipinski definition) is 3. The first kappa shape index (κ1) is 19.2. The monoisotopic (exact) mass is 410 g/mol. The van der Waals surface area contributed by atoms with Crippen molar-refractivity contribution in [2.75, 3.05) is 5.32 Å². The van der Waals surface area contributed by atoms with E-state index in [2.05, 4.69) is 25.3 Å². The zero-order valence-electron chi connectivity index (χ0n) is 15.2. The minimum atomic E-state index is -4.55. The maximum Gasteiger partial charge on any atom is 0.417 e. The lowest BCUT2D eigenvalue weighted by molar-refractivity contribution is -0.137. The van der Waals surface area contributed by atoms with Gasteiger partial charge in [0, 0.05) is 29.9 Å². The molecule has 0 atom stereocenters. The van der Waals surface area contributed by atoms with Gasteiger partial charge in [0.2, 0.25) is 5.95 Å². The molecule has 10 heteroatoms. The van der Waals surface area contributed by atoms with Crippen molar-refractivity contribution in [3.8, 4) is 23.1 Å². The molecule has 0 saturated heterocycles. The van der Waals surface area contributed by atoms with Crippen molar-refractivity contribution in [1.82, 2.24) is 19.9 Å². The lowest BCUT2D eigenvalue weighted by Crippen LogP contribution is -2.06. The number of anilines is 1. The van der Waals surface area contributed by atoms with Crippen molar-refractivity contribution in [2.45, 2.75) is 12.7 Å². The SMILES string of the molecule is N#Cc1cnc(NCc2ccc(O)cc2)nc1-c1c[nH]c2ncc(C(F)(F)F)cc12. The van der Waals surface area contributed by atoms with Crippen LogP contribution in [0.25, 0.3) is 22.3 Å². The third-order valence-electron chi connectivity index (χ3n) is 4.41. The maximum atomic E-state index is 13.1. The quantitative estimate of drug-likeness (QED) is 0.464. The maximum absolute atomic E-state index is 13.1. The highest BCUT2D eigenvalue weighted by Crippen LogP contribution is 2.34. The minimum Gasteiger partial charge on any atom is -0.508 e.